The maximum Gasteiger partial charge on any atom is 0.418 e. The zero-order valence-corrected chi connectivity index (χ0v) is 12.7. The van der Waals surface area contributed by atoms with Crippen LogP contribution in [0.4, 0.5) is 40.7 Å². The Balaban J connectivity index is 1.85. The molecule has 0 aliphatic carbocycles. The van der Waals surface area contributed by atoms with Gasteiger partial charge in [-0.15, -0.1) is 0 Å². The van der Waals surface area contributed by atoms with E-state index in [0.29, 0.717) is 0 Å². The first-order chi connectivity index (χ1) is 11.9. The molecule has 3 aromatic rings. The number of aromatic nitrogens is 2. The van der Waals surface area contributed by atoms with Gasteiger partial charge in [0.1, 0.15) is 11.6 Å². The molecule has 25 heavy (non-hydrogen) atoms. The van der Waals surface area contributed by atoms with Crippen molar-refractivity contribution in [3.63, 3.8) is 0 Å². The number of rotatable bonds is 4. The van der Waals surface area contributed by atoms with Crippen LogP contribution in [0, 0.1) is 5.82 Å². The Kier molecular flexibility index (Phi) is 4.51. The van der Waals surface area contributed by atoms with Crippen LogP contribution in [-0.2, 0) is 6.18 Å². The van der Waals surface area contributed by atoms with Gasteiger partial charge in [-0.3, -0.25) is 0 Å². The van der Waals surface area contributed by atoms with Crippen molar-refractivity contribution in [3.05, 3.63) is 72.2 Å². The van der Waals surface area contributed by atoms with Crippen molar-refractivity contribution in [2.45, 2.75) is 6.18 Å². The Morgan fingerprint density at radius 1 is 0.800 bits per heavy atom. The summed E-state index contributed by atoms with van der Waals surface area (Å²) >= 11 is 0. The lowest BCUT2D eigenvalue weighted by Crippen LogP contribution is -2.09. The molecule has 0 aliphatic heterocycles. The van der Waals surface area contributed by atoms with E-state index in [2.05, 4.69) is 20.6 Å². The highest BCUT2D eigenvalue weighted by molar-refractivity contribution is 5.63. The van der Waals surface area contributed by atoms with Gasteiger partial charge in [0.25, 0.3) is 0 Å². The van der Waals surface area contributed by atoms with Crippen LogP contribution in [0.15, 0.2) is 60.8 Å². The molecule has 128 valence electrons. The highest BCUT2D eigenvalue weighted by atomic mass is 19.4. The van der Waals surface area contributed by atoms with E-state index < -0.39 is 17.6 Å². The average Bonchev–Trinajstić information content (AvgIpc) is 2.57. The monoisotopic (exact) mass is 348 g/mol. The Hall–Kier alpha value is -3.16. The van der Waals surface area contributed by atoms with Crippen LogP contribution in [0.5, 0.6) is 0 Å². The van der Waals surface area contributed by atoms with E-state index >= 15 is 0 Å². The molecule has 0 fully saturated rings. The summed E-state index contributed by atoms with van der Waals surface area (Å²) in [6.45, 7) is 0. The van der Waals surface area contributed by atoms with Gasteiger partial charge in [-0.05, 0) is 30.3 Å². The molecule has 0 radical (unpaired) electrons. The van der Waals surface area contributed by atoms with Gasteiger partial charge in [0.2, 0.25) is 5.95 Å². The van der Waals surface area contributed by atoms with Crippen LogP contribution < -0.4 is 10.6 Å². The molecule has 2 aromatic carbocycles. The molecule has 0 unspecified atom stereocenters. The molecule has 0 aliphatic rings. The van der Waals surface area contributed by atoms with Gasteiger partial charge in [-0.1, -0.05) is 24.3 Å². The lowest BCUT2D eigenvalue weighted by atomic mass is 10.1. The van der Waals surface area contributed by atoms with E-state index in [1.807, 2.05) is 0 Å². The third kappa shape index (κ3) is 4.03. The molecule has 0 saturated carbocycles. The van der Waals surface area contributed by atoms with E-state index in [0.717, 1.165) is 6.07 Å². The minimum Gasteiger partial charge on any atom is -0.340 e. The fourth-order valence-corrected chi connectivity index (χ4v) is 2.15. The number of nitrogens with zero attached hydrogens (tertiary/aromatic N) is 2. The molecule has 2 N–H and O–H groups in total. The average molecular weight is 348 g/mol. The van der Waals surface area contributed by atoms with Gasteiger partial charge in [-0.25, -0.2) is 9.37 Å². The van der Waals surface area contributed by atoms with Gasteiger partial charge in [0.05, 0.1) is 16.9 Å². The zero-order chi connectivity index (χ0) is 17.9. The van der Waals surface area contributed by atoms with Crippen molar-refractivity contribution in [1.29, 1.82) is 0 Å². The summed E-state index contributed by atoms with van der Waals surface area (Å²) in [5.74, 6) is -0.294. The van der Waals surface area contributed by atoms with Crippen molar-refractivity contribution in [3.8, 4) is 0 Å². The molecule has 4 nitrogen and oxygen atoms in total. The van der Waals surface area contributed by atoms with Crippen LogP contribution in [0.1, 0.15) is 5.56 Å². The quantitative estimate of drug-likeness (QED) is 0.643. The first-order valence-corrected chi connectivity index (χ1v) is 7.21. The number of nitrogens with one attached hydrogen (secondary N) is 2. The Morgan fingerprint density at radius 3 is 2.20 bits per heavy atom. The van der Waals surface area contributed by atoms with E-state index in [1.165, 1.54) is 48.7 Å². The standard InChI is InChI=1S/C17H12F4N4/c18-12-6-2-4-8-14(12)24-16-22-10-9-15(25-16)23-13-7-3-1-5-11(13)17(19,20)21/h1-10H,(H2,22,23,24,25). The molecular weight excluding hydrogens is 336 g/mol. The second-order valence-electron chi connectivity index (χ2n) is 5.04. The molecule has 8 heteroatoms. The lowest BCUT2D eigenvalue weighted by molar-refractivity contribution is -0.136. The van der Waals surface area contributed by atoms with E-state index in [1.54, 1.807) is 6.07 Å². The summed E-state index contributed by atoms with van der Waals surface area (Å²) in [6, 6.07) is 12.4. The minimum absolute atomic E-state index is 0.0552. The summed E-state index contributed by atoms with van der Waals surface area (Å²) in [7, 11) is 0. The number of halogens is 4. The SMILES string of the molecule is Fc1ccccc1Nc1nccc(Nc2ccccc2C(F)(F)F)n1. The summed E-state index contributed by atoms with van der Waals surface area (Å²) < 4.78 is 52.8. The third-order valence-electron chi connectivity index (χ3n) is 3.27. The molecule has 0 amide bonds. The Bertz CT molecular complexity index is 880. The normalized spacial score (nSPS) is 11.2. The van der Waals surface area contributed by atoms with Gasteiger partial charge < -0.3 is 10.6 Å². The van der Waals surface area contributed by atoms with Crippen molar-refractivity contribution >= 4 is 23.1 Å². The van der Waals surface area contributed by atoms with Gasteiger partial charge in [0.15, 0.2) is 0 Å². The van der Waals surface area contributed by atoms with Crippen LogP contribution in [-0.4, -0.2) is 9.97 Å². The van der Waals surface area contributed by atoms with E-state index in [4.69, 9.17) is 0 Å². The van der Waals surface area contributed by atoms with Crippen LogP contribution in [0.2, 0.25) is 0 Å². The Morgan fingerprint density at radius 2 is 1.48 bits per heavy atom. The van der Waals surface area contributed by atoms with Crippen LogP contribution in [0.3, 0.4) is 0 Å². The molecule has 1 heterocycles. The fourth-order valence-electron chi connectivity index (χ4n) is 2.15. The van der Waals surface area contributed by atoms with Crippen molar-refractivity contribution in [1.82, 2.24) is 9.97 Å². The molecule has 0 bridgehead atoms. The van der Waals surface area contributed by atoms with Gasteiger partial charge >= 0.3 is 6.18 Å². The van der Waals surface area contributed by atoms with Crippen LogP contribution >= 0.6 is 0 Å². The first-order valence-electron chi connectivity index (χ1n) is 7.21. The summed E-state index contributed by atoms with van der Waals surface area (Å²) in [6.07, 6.45) is -3.14. The predicted octanol–water partition coefficient (Wildman–Crippen LogP) is 5.12. The molecule has 0 atom stereocenters. The lowest BCUT2D eigenvalue weighted by Gasteiger charge is -2.14. The highest BCUT2D eigenvalue weighted by Gasteiger charge is 2.33. The minimum atomic E-state index is -4.50. The van der Waals surface area contributed by atoms with Gasteiger partial charge in [0, 0.05) is 6.20 Å². The number of anilines is 4. The predicted molar refractivity (Wildman–Crippen MR) is 86.4 cm³/mol. The maximum absolute atomic E-state index is 13.6. The number of hydrogen-bond donors (Lipinski definition) is 2. The van der Waals surface area contributed by atoms with E-state index in [9.17, 15) is 17.6 Å². The van der Waals surface area contributed by atoms with Gasteiger partial charge in [-0.2, -0.15) is 18.2 Å². The van der Waals surface area contributed by atoms with Crippen molar-refractivity contribution in [2.24, 2.45) is 0 Å². The number of hydrogen-bond acceptors (Lipinski definition) is 4. The highest BCUT2D eigenvalue weighted by Crippen LogP contribution is 2.35. The summed E-state index contributed by atoms with van der Waals surface area (Å²) in [5, 5.41) is 5.30. The smallest absolute Gasteiger partial charge is 0.340 e. The summed E-state index contributed by atoms with van der Waals surface area (Å²) in [5.41, 5.74) is -0.780. The summed E-state index contributed by atoms with van der Waals surface area (Å²) in [4.78, 5) is 8.00. The number of benzene rings is 2. The second kappa shape index (κ2) is 6.76. The molecule has 0 saturated heterocycles. The molecular formula is C17H12F4N4. The largest absolute Gasteiger partial charge is 0.418 e. The maximum atomic E-state index is 13.6. The van der Waals surface area contributed by atoms with Crippen molar-refractivity contribution < 1.29 is 17.6 Å². The molecule has 1 aromatic heterocycles. The fraction of sp³-hybridized carbons (Fsp3) is 0.0588. The van der Waals surface area contributed by atoms with Crippen molar-refractivity contribution in [2.75, 3.05) is 10.6 Å². The molecule has 3 rings (SSSR count). The van der Waals surface area contributed by atoms with E-state index in [-0.39, 0.29) is 23.1 Å². The first kappa shape index (κ1) is 16.7. The molecule has 0 spiro atoms. The van der Waals surface area contributed by atoms with Crippen LogP contribution in [0.25, 0.3) is 0 Å². The second-order valence-corrected chi connectivity index (χ2v) is 5.04. The zero-order valence-electron chi connectivity index (χ0n) is 12.7. The Labute approximate surface area is 140 Å². The third-order valence-corrected chi connectivity index (χ3v) is 3.27. The topological polar surface area (TPSA) is 49.8 Å². The number of alkyl halides is 3. The number of para-hydroxylation sites is 2.